The van der Waals surface area contributed by atoms with Gasteiger partial charge in [0.1, 0.15) is 6.61 Å². The van der Waals surface area contributed by atoms with Gasteiger partial charge in [-0.1, -0.05) is 38.0 Å². The first-order chi connectivity index (χ1) is 23.5. The van der Waals surface area contributed by atoms with Crippen LogP contribution in [0, 0.1) is 0 Å². The van der Waals surface area contributed by atoms with Gasteiger partial charge in [0, 0.05) is 26.0 Å². The second-order valence-corrected chi connectivity index (χ2v) is 9.70. The van der Waals surface area contributed by atoms with Crippen LogP contribution < -0.4 is 18.9 Å². The number of ether oxygens (including phenoxy) is 3. The van der Waals surface area contributed by atoms with E-state index < -0.39 is 76.8 Å². The molecule has 0 radical (unpaired) electrons. The van der Waals surface area contributed by atoms with Crippen LogP contribution in [0.4, 0.5) is 5.82 Å². The zero-order valence-corrected chi connectivity index (χ0v) is 22.2. The van der Waals surface area contributed by atoms with E-state index >= 15 is 0 Å². The summed E-state index contributed by atoms with van der Waals surface area (Å²) in [5.74, 6) is -2.13. The largest absolute Gasteiger partial charge is 0.490 e. The maximum atomic E-state index is 13.8. The molecule has 0 aliphatic carbocycles. The number of hydrogen-bond acceptors (Lipinski definition) is 11. The molecule has 0 saturated heterocycles. The van der Waals surface area contributed by atoms with Crippen LogP contribution in [0.5, 0.6) is 23.1 Å². The molecule has 0 aliphatic rings. The Hall–Kier alpha value is -4.33. The number of nitrogens with one attached hydrogen (secondary N) is 1. The number of anilines is 1. The summed E-state index contributed by atoms with van der Waals surface area (Å²) in [6, 6.07) is 10.4. The number of para-hydroxylation sites is 2. The van der Waals surface area contributed by atoms with Crippen molar-refractivity contribution in [2.24, 2.45) is 0 Å². The summed E-state index contributed by atoms with van der Waals surface area (Å²) in [6.45, 7) is -13.0. The summed E-state index contributed by atoms with van der Waals surface area (Å²) in [7, 11) is -4.77. The zero-order chi connectivity index (χ0) is 38.0. The van der Waals surface area contributed by atoms with Crippen molar-refractivity contribution in [2.45, 2.75) is 30.9 Å². The van der Waals surface area contributed by atoms with E-state index in [9.17, 15) is 18.6 Å². The van der Waals surface area contributed by atoms with Crippen molar-refractivity contribution in [3.63, 3.8) is 0 Å². The van der Waals surface area contributed by atoms with Crippen molar-refractivity contribution in [1.29, 1.82) is 0 Å². The van der Waals surface area contributed by atoms with Crippen molar-refractivity contribution in [1.82, 2.24) is 19.9 Å². The first kappa shape index (κ1) is 18.9. The predicted molar refractivity (Wildman–Crippen MR) is 151 cm³/mol. The van der Waals surface area contributed by atoms with E-state index in [4.69, 9.17) is 27.9 Å². The summed E-state index contributed by atoms with van der Waals surface area (Å²) >= 11 is 0. The molecule has 13 heteroatoms. The predicted octanol–water partition coefficient (Wildman–Crippen LogP) is 3.57. The lowest BCUT2D eigenvalue weighted by Gasteiger charge is -2.22. The Morgan fingerprint density at radius 3 is 2.29 bits per heavy atom. The molecular formula is C28H31N5O7S. The highest BCUT2D eigenvalue weighted by molar-refractivity contribution is 7.92. The van der Waals surface area contributed by atoms with Crippen molar-refractivity contribution in [3.8, 4) is 34.8 Å². The number of aliphatic hydroxyl groups excluding tert-OH is 1. The minimum absolute atomic E-state index is 0.0884. The van der Waals surface area contributed by atoms with Gasteiger partial charge in [0.15, 0.2) is 23.1 Å². The summed E-state index contributed by atoms with van der Waals surface area (Å²) in [5, 5.41) is 19.8. The average molecular weight is 592 g/mol. The maximum absolute atomic E-state index is 13.8. The number of nitrogens with zero attached hydrogens (tertiary/aromatic N) is 4. The minimum atomic E-state index is -4.77. The number of benzene rings is 2. The van der Waals surface area contributed by atoms with Gasteiger partial charge < -0.3 is 24.4 Å². The third-order valence-electron chi connectivity index (χ3n) is 5.20. The second-order valence-electron chi connectivity index (χ2n) is 8.02. The van der Waals surface area contributed by atoms with Crippen LogP contribution in [0.1, 0.15) is 39.9 Å². The maximum Gasteiger partial charge on any atom is 0.263 e. The Kier molecular flexibility index (Phi) is 5.95. The smallest absolute Gasteiger partial charge is 0.263 e. The molecular weight excluding hydrogens is 550 g/mol. The van der Waals surface area contributed by atoms with E-state index in [1.165, 1.54) is 42.7 Å². The number of aromatic nitrogens is 4. The summed E-state index contributed by atoms with van der Waals surface area (Å²) < 4.78 is 125. The topological polar surface area (TPSA) is 166 Å². The minimum Gasteiger partial charge on any atom is -0.490 e. The van der Waals surface area contributed by atoms with E-state index in [1.54, 1.807) is 0 Å². The van der Waals surface area contributed by atoms with Crippen molar-refractivity contribution in [3.05, 3.63) is 72.6 Å². The molecule has 4 aromatic rings. The Morgan fingerprint density at radius 1 is 0.951 bits per heavy atom. The van der Waals surface area contributed by atoms with Gasteiger partial charge in [0.2, 0.25) is 11.6 Å². The monoisotopic (exact) mass is 591 g/mol. The lowest BCUT2D eigenvalue weighted by Crippen LogP contribution is -2.22. The van der Waals surface area contributed by atoms with Gasteiger partial charge in [-0.2, -0.15) is 4.98 Å². The zero-order valence-electron chi connectivity index (χ0n) is 31.4. The van der Waals surface area contributed by atoms with E-state index in [0.717, 1.165) is 31.2 Å². The lowest BCUT2D eigenvalue weighted by atomic mass is 9.86. The molecule has 0 saturated carbocycles. The molecule has 0 bridgehead atoms. The lowest BCUT2D eigenvalue weighted by molar-refractivity contribution is 0.192. The van der Waals surface area contributed by atoms with Crippen LogP contribution >= 0.6 is 0 Å². The van der Waals surface area contributed by atoms with Crippen LogP contribution in [0.3, 0.4) is 0 Å². The Labute approximate surface area is 252 Å². The Morgan fingerprint density at radius 2 is 1.66 bits per heavy atom. The quantitative estimate of drug-likeness (QED) is 0.208. The van der Waals surface area contributed by atoms with Crippen molar-refractivity contribution < 1.29 is 46.5 Å². The second kappa shape index (κ2) is 12.9. The molecule has 0 unspecified atom stereocenters. The van der Waals surface area contributed by atoms with Crippen LogP contribution in [0.15, 0.2) is 71.9 Å². The molecule has 0 atom stereocenters. The molecule has 12 nitrogen and oxygen atoms in total. The Bertz CT molecular complexity index is 1900. The third-order valence-corrected chi connectivity index (χ3v) is 6.55. The van der Waals surface area contributed by atoms with Crippen LogP contribution in [0.2, 0.25) is 0 Å². The average Bonchev–Trinajstić information content (AvgIpc) is 3.00. The van der Waals surface area contributed by atoms with Gasteiger partial charge in [-0.25, -0.2) is 23.4 Å². The molecule has 216 valence electrons. The molecule has 0 amide bonds. The fourth-order valence-corrected chi connectivity index (χ4v) is 4.32. The van der Waals surface area contributed by atoms with Crippen LogP contribution in [-0.4, -0.2) is 64.9 Å². The third kappa shape index (κ3) is 7.06. The fraction of sp³-hybridized carbons (Fsp3) is 0.286. The molecule has 41 heavy (non-hydrogen) atoms. The van der Waals surface area contributed by atoms with Crippen molar-refractivity contribution >= 4 is 15.8 Å². The fourth-order valence-electron chi connectivity index (χ4n) is 3.32. The van der Waals surface area contributed by atoms with E-state index in [-0.39, 0.29) is 29.8 Å². The summed E-state index contributed by atoms with van der Waals surface area (Å²) in [6.07, 6.45) is 2.71. The van der Waals surface area contributed by atoms with Crippen LogP contribution in [-0.2, 0) is 15.4 Å². The Balaban J connectivity index is 1.89. The van der Waals surface area contributed by atoms with Gasteiger partial charge in [-0.15, -0.1) is 0 Å². The molecule has 2 aromatic heterocycles. The molecule has 4 rings (SSSR count). The number of sulfonamides is 1. The highest BCUT2D eigenvalue weighted by atomic mass is 32.2. The number of hydrogen-bond donors (Lipinski definition) is 3. The molecule has 0 fully saturated rings. The normalized spacial score (nSPS) is 16.6. The summed E-state index contributed by atoms with van der Waals surface area (Å²) in [4.78, 5) is 16.0. The number of aliphatic hydroxyl groups is 2. The SMILES string of the molecule is [2H]C([2H])(C)Oc1ccccc1Oc1c(NS(=O)(=O)c2ccc(C(C([2H])([2H])[2H])(C([2H])([2H])[2H])C([2H])([2H])O)cc2)nc(-c2ncccn2)nc1OCCO. The van der Waals surface area contributed by atoms with Gasteiger partial charge in [0.05, 0.1) is 30.1 Å². The van der Waals surface area contributed by atoms with Gasteiger partial charge >= 0.3 is 0 Å². The number of rotatable bonds is 13. The van der Waals surface area contributed by atoms with E-state index in [1.807, 2.05) is 0 Å². The molecule has 0 spiro atoms. The summed E-state index contributed by atoms with van der Waals surface area (Å²) in [5.41, 5.74) is -4.22. The molecule has 3 N–H and O–H groups in total. The molecule has 2 aromatic carbocycles. The van der Waals surface area contributed by atoms with Gasteiger partial charge in [-0.05, 0) is 42.8 Å². The molecule has 0 aliphatic heterocycles. The van der Waals surface area contributed by atoms with E-state index in [2.05, 4.69) is 24.7 Å². The van der Waals surface area contributed by atoms with E-state index in [0.29, 0.717) is 0 Å². The van der Waals surface area contributed by atoms with Gasteiger partial charge in [0.25, 0.3) is 15.9 Å². The van der Waals surface area contributed by atoms with Gasteiger partial charge in [-0.3, -0.25) is 4.72 Å². The standard InChI is InChI=1S/C28H31N5O7S/c1-4-38-21-8-5-6-9-22(21)40-23-24(31-26(25-29-14-7-15-30-25)32-27(23)39-17-16-34)33-41(36,37)20-12-10-19(11-13-20)28(2,3)18-35/h5-15,34-35H,4,16-18H2,1-3H3,(H,31,32,33)/i2D3,3D3,4D2,18D2. The van der Waals surface area contributed by atoms with Crippen LogP contribution in [0.25, 0.3) is 11.6 Å². The van der Waals surface area contributed by atoms with Crippen molar-refractivity contribution in [2.75, 3.05) is 31.1 Å². The first-order valence-electron chi connectivity index (χ1n) is 16.8. The highest BCUT2D eigenvalue weighted by Crippen LogP contribution is 2.41. The first-order valence-corrected chi connectivity index (χ1v) is 13.2. The molecule has 2 heterocycles. The highest BCUT2D eigenvalue weighted by Gasteiger charge is 2.27.